The summed E-state index contributed by atoms with van der Waals surface area (Å²) in [5, 5.41) is 22.0. The van der Waals surface area contributed by atoms with Gasteiger partial charge in [0.25, 0.3) is 5.69 Å². The molecule has 1 heterocycles. The minimum Gasteiger partial charge on any atom is -0.502 e. The average Bonchev–Trinajstić information content (AvgIpc) is 2.77. The van der Waals surface area contributed by atoms with Crippen LogP contribution in [0.15, 0.2) is 47.7 Å². The second kappa shape index (κ2) is 8.48. The van der Waals surface area contributed by atoms with Crippen LogP contribution in [0.4, 0.5) is 11.4 Å². The van der Waals surface area contributed by atoms with Crippen molar-refractivity contribution in [2.45, 2.75) is 39.0 Å². The SMILES string of the molecule is COc1cc(C2CC(=O)N(c3ccccc3[N+](=O)[O-])C3=C2C(=O)CC(C)(C)C3)cc(OC)c1O. The van der Waals surface area contributed by atoms with Crippen molar-refractivity contribution in [2.24, 2.45) is 5.41 Å². The molecule has 1 aliphatic heterocycles. The number of methoxy groups -OCH3 is 2. The number of nitro groups is 1. The topological polar surface area (TPSA) is 119 Å². The third-order valence-electron chi connectivity index (χ3n) is 6.37. The zero-order chi connectivity index (χ0) is 24.8. The highest BCUT2D eigenvalue weighted by Crippen LogP contribution is 2.51. The predicted molar refractivity (Wildman–Crippen MR) is 124 cm³/mol. The third kappa shape index (κ3) is 3.87. The molecule has 2 aliphatic rings. The summed E-state index contributed by atoms with van der Waals surface area (Å²) in [7, 11) is 2.80. The summed E-state index contributed by atoms with van der Waals surface area (Å²) < 4.78 is 10.5. The van der Waals surface area contributed by atoms with Gasteiger partial charge in [0.15, 0.2) is 17.3 Å². The molecule has 34 heavy (non-hydrogen) atoms. The van der Waals surface area contributed by atoms with Crippen LogP contribution in [-0.4, -0.2) is 35.9 Å². The number of Topliss-reactive ketones (excluding diaryl/α,β-unsaturated/α-hetero) is 1. The lowest BCUT2D eigenvalue weighted by atomic mass is 9.69. The number of anilines is 1. The average molecular weight is 466 g/mol. The summed E-state index contributed by atoms with van der Waals surface area (Å²) in [5.41, 5.74) is 1.03. The van der Waals surface area contributed by atoms with Crippen LogP contribution in [0.25, 0.3) is 0 Å². The molecule has 0 saturated heterocycles. The largest absolute Gasteiger partial charge is 0.502 e. The molecule has 0 bridgehead atoms. The van der Waals surface area contributed by atoms with Crippen LogP contribution in [0.2, 0.25) is 0 Å². The number of allylic oxidation sites excluding steroid dienone is 2. The van der Waals surface area contributed by atoms with Crippen LogP contribution in [0.3, 0.4) is 0 Å². The third-order valence-corrected chi connectivity index (χ3v) is 6.37. The van der Waals surface area contributed by atoms with Crippen molar-refractivity contribution in [3.8, 4) is 17.2 Å². The molecular weight excluding hydrogens is 440 g/mol. The van der Waals surface area contributed by atoms with Crippen molar-refractivity contribution in [2.75, 3.05) is 19.1 Å². The molecule has 178 valence electrons. The maximum atomic E-state index is 13.5. The van der Waals surface area contributed by atoms with E-state index in [9.17, 15) is 24.8 Å². The van der Waals surface area contributed by atoms with Crippen molar-refractivity contribution in [1.29, 1.82) is 0 Å². The molecule has 4 rings (SSSR count). The summed E-state index contributed by atoms with van der Waals surface area (Å²) in [5.74, 6) is -0.925. The number of rotatable bonds is 5. The Balaban J connectivity index is 1.96. The second-order valence-electron chi connectivity index (χ2n) is 9.31. The van der Waals surface area contributed by atoms with Crippen LogP contribution in [0.1, 0.15) is 44.6 Å². The van der Waals surface area contributed by atoms with E-state index in [1.807, 2.05) is 13.8 Å². The number of ketones is 1. The molecule has 0 spiro atoms. The van der Waals surface area contributed by atoms with Gasteiger partial charge in [-0.25, -0.2) is 0 Å². The van der Waals surface area contributed by atoms with Crippen LogP contribution in [-0.2, 0) is 9.59 Å². The standard InChI is InChI=1S/C25H26N2O7/c1-25(2)12-18-23(19(28)13-25)15(14-9-20(33-3)24(30)21(10-14)34-4)11-22(29)26(18)16-7-5-6-8-17(16)27(31)32/h5-10,15,30H,11-13H2,1-4H3. The lowest BCUT2D eigenvalue weighted by Gasteiger charge is -2.42. The number of nitro benzene ring substituents is 1. The Labute approximate surface area is 196 Å². The molecule has 9 heteroatoms. The Morgan fingerprint density at radius 2 is 1.71 bits per heavy atom. The molecule has 2 aromatic rings. The molecular formula is C25H26N2O7. The van der Waals surface area contributed by atoms with Crippen LogP contribution >= 0.6 is 0 Å². The molecule has 1 N–H and O–H groups in total. The highest BCUT2D eigenvalue weighted by molar-refractivity contribution is 6.08. The molecule has 0 saturated carbocycles. The van der Waals surface area contributed by atoms with Gasteiger partial charge in [0.05, 0.1) is 19.1 Å². The van der Waals surface area contributed by atoms with Crippen molar-refractivity contribution >= 4 is 23.1 Å². The highest BCUT2D eigenvalue weighted by atomic mass is 16.6. The van der Waals surface area contributed by atoms with Gasteiger partial charge in [-0.3, -0.25) is 24.6 Å². The number of aromatic hydroxyl groups is 1. The van der Waals surface area contributed by atoms with Crippen LogP contribution in [0, 0.1) is 15.5 Å². The number of nitrogens with zero attached hydrogens (tertiary/aromatic N) is 2. The molecule has 0 fully saturated rings. The Hall–Kier alpha value is -3.88. The van der Waals surface area contributed by atoms with Gasteiger partial charge in [0.1, 0.15) is 5.69 Å². The fourth-order valence-electron chi connectivity index (χ4n) is 4.90. The number of carbonyl (C=O) groups is 2. The minimum absolute atomic E-state index is 0.0753. The summed E-state index contributed by atoms with van der Waals surface area (Å²) >= 11 is 0. The smallest absolute Gasteiger partial charge is 0.293 e. The van der Waals surface area contributed by atoms with E-state index >= 15 is 0 Å². The Kier molecular flexibility index (Phi) is 5.80. The van der Waals surface area contributed by atoms with E-state index in [2.05, 4.69) is 0 Å². The predicted octanol–water partition coefficient (Wildman–Crippen LogP) is 4.48. The number of phenolic OH excluding ortho intramolecular Hbond substituents is 1. The fraction of sp³-hybridized carbons (Fsp3) is 0.360. The van der Waals surface area contributed by atoms with E-state index in [-0.39, 0.29) is 53.2 Å². The van der Waals surface area contributed by atoms with Gasteiger partial charge in [-0.2, -0.15) is 0 Å². The molecule has 2 aromatic carbocycles. The van der Waals surface area contributed by atoms with Crippen molar-refractivity contribution in [3.05, 3.63) is 63.3 Å². The second-order valence-corrected chi connectivity index (χ2v) is 9.31. The first-order valence-electron chi connectivity index (χ1n) is 10.9. The number of para-hydroxylation sites is 2. The van der Waals surface area contributed by atoms with E-state index in [0.29, 0.717) is 23.3 Å². The fourth-order valence-corrected chi connectivity index (χ4v) is 4.90. The highest BCUT2D eigenvalue weighted by Gasteiger charge is 2.45. The van der Waals surface area contributed by atoms with Crippen molar-refractivity contribution in [1.82, 2.24) is 0 Å². The maximum Gasteiger partial charge on any atom is 0.293 e. The summed E-state index contributed by atoms with van der Waals surface area (Å²) in [6, 6.07) is 9.23. The van der Waals surface area contributed by atoms with Crippen molar-refractivity contribution < 1.29 is 29.1 Å². The molecule has 9 nitrogen and oxygen atoms in total. The van der Waals surface area contributed by atoms with Gasteiger partial charge in [0.2, 0.25) is 11.7 Å². The van der Waals surface area contributed by atoms with Gasteiger partial charge in [-0.05, 0) is 35.6 Å². The van der Waals surface area contributed by atoms with Gasteiger partial charge in [0, 0.05) is 36.1 Å². The first-order chi connectivity index (χ1) is 16.1. The number of carbonyl (C=O) groups excluding carboxylic acids is 2. The first-order valence-corrected chi connectivity index (χ1v) is 10.9. The van der Waals surface area contributed by atoms with Gasteiger partial charge in [-0.1, -0.05) is 26.0 Å². The van der Waals surface area contributed by atoms with E-state index in [1.54, 1.807) is 24.3 Å². The van der Waals surface area contributed by atoms with Crippen molar-refractivity contribution in [3.63, 3.8) is 0 Å². The normalized spacial score (nSPS) is 19.6. The molecule has 1 atom stereocenters. The first kappa shape index (κ1) is 23.3. The maximum absolute atomic E-state index is 13.5. The molecule has 0 aromatic heterocycles. The lowest BCUT2D eigenvalue weighted by molar-refractivity contribution is -0.384. The van der Waals surface area contributed by atoms with Crippen LogP contribution < -0.4 is 14.4 Å². The number of amides is 1. The summed E-state index contributed by atoms with van der Waals surface area (Å²) in [6.07, 6.45) is 0.608. The van der Waals surface area contributed by atoms with Gasteiger partial charge >= 0.3 is 0 Å². The quantitative estimate of drug-likeness (QED) is 0.510. The van der Waals surface area contributed by atoms with Crippen LogP contribution in [0.5, 0.6) is 17.2 Å². The number of hydrogen-bond donors (Lipinski definition) is 1. The number of hydrogen-bond acceptors (Lipinski definition) is 7. The molecule has 1 aliphatic carbocycles. The summed E-state index contributed by atoms with van der Waals surface area (Å²) in [6.45, 7) is 3.87. The number of phenols is 1. The van der Waals surface area contributed by atoms with Gasteiger partial charge in [-0.15, -0.1) is 0 Å². The Morgan fingerprint density at radius 3 is 2.29 bits per heavy atom. The van der Waals surface area contributed by atoms with E-state index in [1.165, 1.54) is 31.3 Å². The lowest BCUT2D eigenvalue weighted by Crippen LogP contribution is -2.44. The van der Waals surface area contributed by atoms with E-state index < -0.39 is 16.3 Å². The Morgan fingerprint density at radius 1 is 1.09 bits per heavy atom. The monoisotopic (exact) mass is 466 g/mol. The molecule has 1 unspecified atom stereocenters. The van der Waals surface area contributed by atoms with Gasteiger partial charge < -0.3 is 14.6 Å². The Bertz CT molecular complexity index is 1210. The summed E-state index contributed by atoms with van der Waals surface area (Å²) in [4.78, 5) is 39.5. The number of benzene rings is 2. The van der Waals surface area contributed by atoms with E-state index in [4.69, 9.17) is 9.47 Å². The zero-order valence-electron chi connectivity index (χ0n) is 19.5. The molecule has 1 amide bonds. The zero-order valence-corrected chi connectivity index (χ0v) is 19.5. The molecule has 0 radical (unpaired) electrons. The van der Waals surface area contributed by atoms with E-state index in [0.717, 1.165) is 0 Å². The minimum atomic E-state index is -0.603. The number of ether oxygens (including phenoxy) is 2.